The predicted molar refractivity (Wildman–Crippen MR) is 139 cm³/mol. The first-order valence-electron chi connectivity index (χ1n) is 11.1. The lowest BCUT2D eigenvalue weighted by Gasteiger charge is -2.21. The van der Waals surface area contributed by atoms with Crippen LogP contribution >= 0.6 is 0 Å². The van der Waals surface area contributed by atoms with E-state index in [4.69, 9.17) is 18.9 Å². The third-order valence-electron chi connectivity index (χ3n) is 6.28. The highest BCUT2D eigenvalue weighted by Gasteiger charge is 2.22. The van der Waals surface area contributed by atoms with E-state index >= 15 is 0 Å². The van der Waals surface area contributed by atoms with Gasteiger partial charge in [-0.3, -0.25) is 0 Å². The minimum absolute atomic E-state index is 0.701. The second-order valence-electron chi connectivity index (χ2n) is 7.92. The van der Waals surface area contributed by atoms with Crippen molar-refractivity contribution in [1.29, 1.82) is 0 Å². The summed E-state index contributed by atoms with van der Waals surface area (Å²) in [6.45, 7) is 0. The SMILES string of the molecule is COc1cccc(-c2c3ccccc3c(-c3cccc(OC)c3OC)c3ccccc23)c1OC. The van der Waals surface area contributed by atoms with Gasteiger partial charge in [-0.05, 0) is 33.7 Å². The van der Waals surface area contributed by atoms with Gasteiger partial charge in [0.1, 0.15) is 0 Å². The van der Waals surface area contributed by atoms with Crippen molar-refractivity contribution in [3.8, 4) is 45.3 Å². The lowest BCUT2D eigenvalue weighted by atomic mass is 9.85. The quantitative estimate of drug-likeness (QED) is 0.253. The molecule has 5 rings (SSSR count). The van der Waals surface area contributed by atoms with Gasteiger partial charge in [-0.15, -0.1) is 0 Å². The highest BCUT2D eigenvalue weighted by molar-refractivity contribution is 6.22. The molecule has 4 heteroatoms. The normalized spacial score (nSPS) is 10.9. The Labute approximate surface area is 199 Å². The van der Waals surface area contributed by atoms with Crippen LogP contribution in [0.2, 0.25) is 0 Å². The lowest BCUT2D eigenvalue weighted by Crippen LogP contribution is -1.97. The third kappa shape index (κ3) is 3.30. The molecule has 4 nitrogen and oxygen atoms in total. The molecule has 0 saturated carbocycles. The number of hydrogen-bond donors (Lipinski definition) is 0. The molecule has 0 radical (unpaired) electrons. The zero-order valence-electron chi connectivity index (χ0n) is 19.7. The van der Waals surface area contributed by atoms with Gasteiger partial charge in [-0.1, -0.05) is 72.8 Å². The van der Waals surface area contributed by atoms with Crippen molar-refractivity contribution in [3.05, 3.63) is 84.9 Å². The van der Waals surface area contributed by atoms with Crippen molar-refractivity contribution in [2.75, 3.05) is 28.4 Å². The van der Waals surface area contributed by atoms with Gasteiger partial charge in [0.05, 0.1) is 28.4 Å². The van der Waals surface area contributed by atoms with Crippen molar-refractivity contribution < 1.29 is 18.9 Å². The van der Waals surface area contributed by atoms with Crippen LogP contribution in [0.15, 0.2) is 84.9 Å². The minimum atomic E-state index is 0.701. The van der Waals surface area contributed by atoms with Crippen LogP contribution in [0, 0.1) is 0 Å². The molecule has 0 atom stereocenters. The van der Waals surface area contributed by atoms with Gasteiger partial charge in [0.15, 0.2) is 23.0 Å². The Kier molecular flexibility index (Phi) is 5.72. The number of ether oxygens (including phenoxy) is 4. The van der Waals surface area contributed by atoms with Gasteiger partial charge in [-0.25, -0.2) is 0 Å². The molecule has 34 heavy (non-hydrogen) atoms. The minimum Gasteiger partial charge on any atom is -0.493 e. The maximum atomic E-state index is 5.84. The van der Waals surface area contributed by atoms with Crippen LogP contribution in [0.1, 0.15) is 0 Å². The summed E-state index contributed by atoms with van der Waals surface area (Å²) in [4.78, 5) is 0. The van der Waals surface area contributed by atoms with Gasteiger partial charge in [0.25, 0.3) is 0 Å². The summed E-state index contributed by atoms with van der Waals surface area (Å²) < 4.78 is 22.9. The van der Waals surface area contributed by atoms with Gasteiger partial charge in [0, 0.05) is 22.3 Å². The van der Waals surface area contributed by atoms with Crippen molar-refractivity contribution in [3.63, 3.8) is 0 Å². The van der Waals surface area contributed by atoms with Crippen LogP contribution in [-0.2, 0) is 0 Å². The van der Waals surface area contributed by atoms with Gasteiger partial charge in [0.2, 0.25) is 0 Å². The van der Waals surface area contributed by atoms with E-state index < -0.39 is 0 Å². The fourth-order valence-corrected chi connectivity index (χ4v) is 4.88. The summed E-state index contributed by atoms with van der Waals surface area (Å²) in [6, 6.07) is 28.9. The van der Waals surface area contributed by atoms with Crippen molar-refractivity contribution in [2.45, 2.75) is 0 Å². The third-order valence-corrected chi connectivity index (χ3v) is 6.28. The first-order chi connectivity index (χ1) is 16.7. The molecule has 0 heterocycles. The lowest BCUT2D eigenvalue weighted by molar-refractivity contribution is 0.356. The van der Waals surface area contributed by atoms with E-state index in [0.29, 0.717) is 23.0 Å². The molecule has 5 aromatic carbocycles. The van der Waals surface area contributed by atoms with Gasteiger partial charge >= 0.3 is 0 Å². The van der Waals surface area contributed by atoms with Gasteiger partial charge < -0.3 is 18.9 Å². The fourth-order valence-electron chi connectivity index (χ4n) is 4.88. The molecule has 0 unspecified atom stereocenters. The Bertz CT molecular complexity index is 1330. The molecule has 170 valence electrons. The van der Waals surface area contributed by atoms with Crippen LogP contribution in [0.5, 0.6) is 23.0 Å². The molecule has 0 aliphatic carbocycles. The second kappa shape index (κ2) is 8.99. The van der Waals surface area contributed by atoms with Crippen LogP contribution in [0.3, 0.4) is 0 Å². The molecular formula is C30H26O4. The number of methoxy groups -OCH3 is 4. The number of hydrogen-bond acceptors (Lipinski definition) is 4. The Balaban J connectivity index is 1.99. The fraction of sp³-hybridized carbons (Fsp3) is 0.133. The topological polar surface area (TPSA) is 36.9 Å². The van der Waals surface area contributed by atoms with E-state index in [9.17, 15) is 0 Å². The smallest absolute Gasteiger partial charge is 0.168 e. The number of rotatable bonds is 6. The molecule has 0 fully saturated rings. The number of para-hydroxylation sites is 2. The van der Waals surface area contributed by atoms with E-state index in [1.165, 1.54) is 0 Å². The van der Waals surface area contributed by atoms with E-state index in [1.807, 2.05) is 24.3 Å². The zero-order chi connectivity index (χ0) is 23.7. The first-order valence-corrected chi connectivity index (χ1v) is 11.1. The van der Waals surface area contributed by atoms with Crippen LogP contribution < -0.4 is 18.9 Å². The summed E-state index contributed by atoms with van der Waals surface area (Å²) in [5.41, 5.74) is 4.18. The second-order valence-corrected chi connectivity index (χ2v) is 7.92. The largest absolute Gasteiger partial charge is 0.493 e. The molecule has 0 aromatic heterocycles. The number of benzene rings is 5. The predicted octanol–water partition coefficient (Wildman–Crippen LogP) is 7.36. The Morgan fingerprint density at radius 1 is 0.382 bits per heavy atom. The number of fused-ring (bicyclic) bond motifs is 2. The molecule has 0 aliphatic rings. The molecule has 0 spiro atoms. The molecule has 0 N–H and O–H groups in total. The van der Waals surface area contributed by atoms with E-state index in [1.54, 1.807) is 28.4 Å². The highest BCUT2D eigenvalue weighted by Crippen LogP contribution is 2.50. The van der Waals surface area contributed by atoms with E-state index in [-0.39, 0.29) is 0 Å². The molecule has 0 saturated heterocycles. The van der Waals surface area contributed by atoms with Gasteiger partial charge in [-0.2, -0.15) is 0 Å². The maximum absolute atomic E-state index is 5.84. The van der Waals surface area contributed by atoms with Crippen LogP contribution in [0.4, 0.5) is 0 Å². The van der Waals surface area contributed by atoms with E-state index in [0.717, 1.165) is 43.8 Å². The maximum Gasteiger partial charge on any atom is 0.168 e. The summed E-state index contributed by atoms with van der Waals surface area (Å²) in [5.74, 6) is 2.83. The Morgan fingerprint density at radius 2 is 0.735 bits per heavy atom. The van der Waals surface area contributed by atoms with Crippen molar-refractivity contribution in [1.82, 2.24) is 0 Å². The Hall–Kier alpha value is -4.18. The average Bonchev–Trinajstić information content (AvgIpc) is 2.90. The van der Waals surface area contributed by atoms with Crippen molar-refractivity contribution >= 4 is 21.5 Å². The van der Waals surface area contributed by atoms with Crippen molar-refractivity contribution in [2.24, 2.45) is 0 Å². The summed E-state index contributed by atoms with van der Waals surface area (Å²) in [6.07, 6.45) is 0. The summed E-state index contributed by atoms with van der Waals surface area (Å²) in [7, 11) is 6.69. The molecular weight excluding hydrogens is 424 g/mol. The van der Waals surface area contributed by atoms with Crippen LogP contribution in [-0.4, -0.2) is 28.4 Å². The molecule has 0 bridgehead atoms. The standard InChI is InChI=1S/C30H26O4/c1-31-25-17-9-15-23(29(25)33-3)27-19-11-5-7-13-21(19)28(22-14-8-6-12-20(22)27)24-16-10-18-26(32-2)30(24)34-4/h5-18H,1-4H3. The molecule has 0 aliphatic heterocycles. The Morgan fingerprint density at radius 3 is 1.03 bits per heavy atom. The molecule has 5 aromatic rings. The summed E-state index contributed by atoms with van der Waals surface area (Å²) in [5, 5.41) is 4.47. The zero-order valence-corrected chi connectivity index (χ0v) is 19.7. The average molecular weight is 451 g/mol. The van der Waals surface area contributed by atoms with E-state index in [2.05, 4.69) is 60.7 Å². The van der Waals surface area contributed by atoms with Crippen LogP contribution in [0.25, 0.3) is 43.8 Å². The molecule has 0 amide bonds. The highest BCUT2D eigenvalue weighted by atomic mass is 16.5. The summed E-state index contributed by atoms with van der Waals surface area (Å²) >= 11 is 0. The first kappa shape index (κ1) is 21.7. The monoisotopic (exact) mass is 450 g/mol.